The Labute approximate surface area is 465 Å². The van der Waals surface area contributed by atoms with Crippen LogP contribution in [0.3, 0.4) is 0 Å². The quantitative estimate of drug-likeness (QED) is 0.0156. The van der Waals surface area contributed by atoms with Gasteiger partial charge in [-0.2, -0.15) is 0 Å². The minimum atomic E-state index is -4.45. The SMILES string of the molecule is CCCCC/C=C/C=C/CCCCCCCCC(=O)OC(/C=C\CCCCCCCCCCC)C(COP(=O)(O)OCC[N+](C)(C)C)NC(=O)CCCCCCCCCCCCCCC/C=C/CCCCCCCC. The fourth-order valence-corrected chi connectivity index (χ4v) is 10.0. The van der Waals surface area contributed by atoms with Gasteiger partial charge < -0.3 is 19.4 Å². The molecule has 75 heavy (non-hydrogen) atoms. The molecule has 0 aliphatic heterocycles. The molecule has 440 valence electrons. The summed E-state index contributed by atoms with van der Waals surface area (Å²) in [6, 6.07) is -0.851. The van der Waals surface area contributed by atoms with E-state index in [0.29, 0.717) is 17.4 Å². The average Bonchev–Trinajstić information content (AvgIpc) is 3.37. The number of rotatable bonds is 58. The van der Waals surface area contributed by atoms with Gasteiger partial charge in [0.25, 0.3) is 0 Å². The highest BCUT2D eigenvalue weighted by Crippen LogP contribution is 2.43. The third-order valence-electron chi connectivity index (χ3n) is 14.3. The van der Waals surface area contributed by atoms with Crippen molar-refractivity contribution in [2.45, 2.75) is 315 Å². The summed E-state index contributed by atoms with van der Waals surface area (Å²) in [5, 5.41) is 3.06. The Morgan fingerprint density at radius 2 is 0.813 bits per heavy atom. The number of nitrogens with one attached hydrogen (secondary N) is 1. The first-order valence-corrected chi connectivity index (χ1v) is 33.5. The predicted octanol–water partition coefficient (Wildman–Crippen LogP) is 19.7. The lowest BCUT2D eigenvalue weighted by Crippen LogP contribution is -2.47. The van der Waals surface area contributed by atoms with Crippen LogP contribution in [0.1, 0.15) is 303 Å². The molecule has 0 radical (unpaired) electrons. The second-order valence-corrected chi connectivity index (χ2v) is 24.4. The van der Waals surface area contributed by atoms with Crippen LogP contribution in [0.25, 0.3) is 0 Å². The molecule has 0 fully saturated rings. The van der Waals surface area contributed by atoms with E-state index in [0.717, 1.165) is 77.0 Å². The molecule has 0 aromatic heterocycles. The largest absolute Gasteiger partial charge is 0.472 e. The maximum atomic E-state index is 13.5. The fraction of sp³-hybridized carbons (Fsp3) is 0.846. The van der Waals surface area contributed by atoms with Crippen LogP contribution >= 0.6 is 7.82 Å². The fourth-order valence-electron chi connectivity index (χ4n) is 9.28. The summed E-state index contributed by atoms with van der Waals surface area (Å²) >= 11 is 0. The number of esters is 1. The smallest absolute Gasteiger partial charge is 0.456 e. The highest BCUT2D eigenvalue weighted by molar-refractivity contribution is 7.47. The molecule has 0 aliphatic carbocycles. The van der Waals surface area contributed by atoms with Gasteiger partial charge in [0.05, 0.1) is 33.8 Å². The Balaban J connectivity index is 5.12. The first-order valence-electron chi connectivity index (χ1n) is 32.0. The molecule has 0 aromatic rings. The van der Waals surface area contributed by atoms with Crippen LogP contribution in [0.15, 0.2) is 48.6 Å². The lowest BCUT2D eigenvalue weighted by atomic mass is 10.0. The maximum Gasteiger partial charge on any atom is 0.472 e. The minimum Gasteiger partial charge on any atom is -0.456 e. The number of hydrogen-bond acceptors (Lipinski definition) is 6. The van der Waals surface area contributed by atoms with Gasteiger partial charge >= 0.3 is 13.8 Å². The number of phosphoric ester groups is 1. The molecule has 3 atom stereocenters. The molecule has 0 saturated heterocycles. The van der Waals surface area contributed by atoms with Gasteiger partial charge in [0.2, 0.25) is 5.91 Å². The number of carbonyl (C=O) groups excluding carboxylic acids is 2. The van der Waals surface area contributed by atoms with Crippen LogP contribution in [-0.4, -0.2) is 74.3 Å². The molecule has 0 aromatic carbocycles. The zero-order valence-electron chi connectivity index (χ0n) is 50.3. The Kier molecular flexibility index (Phi) is 53.8. The van der Waals surface area contributed by atoms with Gasteiger partial charge in [-0.3, -0.25) is 18.6 Å². The summed E-state index contributed by atoms with van der Waals surface area (Å²) in [5.74, 6) is -0.510. The van der Waals surface area contributed by atoms with Gasteiger partial charge in [-0.15, -0.1) is 0 Å². The number of ether oxygens (including phenoxy) is 1. The van der Waals surface area contributed by atoms with Crippen molar-refractivity contribution in [1.82, 2.24) is 5.32 Å². The molecule has 1 amide bonds. The van der Waals surface area contributed by atoms with Gasteiger partial charge in [0.1, 0.15) is 19.3 Å². The van der Waals surface area contributed by atoms with Gasteiger partial charge in [0, 0.05) is 12.8 Å². The van der Waals surface area contributed by atoms with Gasteiger partial charge in [-0.25, -0.2) is 4.57 Å². The highest BCUT2D eigenvalue weighted by atomic mass is 31.2. The number of phosphoric acid groups is 1. The molecule has 3 unspecified atom stereocenters. The van der Waals surface area contributed by atoms with Crippen molar-refractivity contribution in [2.24, 2.45) is 0 Å². The van der Waals surface area contributed by atoms with E-state index >= 15 is 0 Å². The summed E-state index contributed by atoms with van der Waals surface area (Å²) in [7, 11) is 1.50. The standard InChI is InChI=1S/C65H123N2O7P/c1-7-10-13-16-19-22-25-27-29-30-31-32-33-34-35-36-38-39-42-45-48-51-54-57-64(68)66-62(61-73-75(70,71)72-60-59-67(4,5)6)63(56-53-50-47-44-41-24-21-18-15-12-9-3)74-65(69)58-55-52-49-46-43-40-37-28-26-23-20-17-14-11-8-2/h20,23,26-29,53,56,62-63H,7-19,21-22,24-25,30-52,54-55,57-61H2,1-6H3,(H-,66,68,70,71)/p+1/b23-20+,28-26+,29-27+,56-53-. The molecule has 0 aliphatic rings. The zero-order valence-corrected chi connectivity index (χ0v) is 51.2. The first kappa shape index (κ1) is 73.0. The minimum absolute atomic E-state index is 0.0388. The van der Waals surface area contributed by atoms with Gasteiger partial charge in [-0.05, 0) is 83.1 Å². The van der Waals surface area contributed by atoms with E-state index in [-0.39, 0.29) is 31.5 Å². The topological polar surface area (TPSA) is 111 Å². The van der Waals surface area contributed by atoms with Crippen LogP contribution in [0.4, 0.5) is 0 Å². The summed E-state index contributed by atoms with van der Waals surface area (Å²) in [5.41, 5.74) is 0. The van der Waals surface area contributed by atoms with Crippen LogP contribution in [0, 0.1) is 0 Å². The number of hydrogen-bond donors (Lipinski definition) is 2. The molecular formula is C65H124N2O7P+. The van der Waals surface area contributed by atoms with Crippen molar-refractivity contribution in [1.29, 1.82) is 0 Å². The van der Waals surface area contributed by atoms with Crippen molar-refractivity contribution in [3.8, 4) is 0 Å². The number of likely N-dealkylation sites (N-methyl/N-ethyl adjacent to an activating group) is 1. The normalized spacial score (nSPS) is 14.0. The van der Waals surface area contributed by atoms with Crippen LogP contribution in [0.5, 0.6) is 0 Å². The van der Waals surface area contributed by atoms with E-state index in [2.05, 4.69) is 62.5 Å². The second-order valence-electron chi connectivity index (χ2n) is 23.0. The Morgan fingerprint density at radius 3 is 1.24 bits per heavy atom. The monoisotopic (exact) mass is 1080 g/mol. The molecule has 2 N–H and O–H groups in total. The first-order chi connectivity index (χ1) is 36.4. The third-order valence-corrected chi connectivity index (χ3v) is 15.3. The van der Waals surface area contributed by atoms with E-state index in [9.17, 15) is 19.0 Å². The summed E-state index contributed by atoms with van der Waals surface area (Å²) in [4.78, 5) is 37.7. The summed E-state index contributed by atoms with van der Waals surface area (Å²) in [6.45, 7) is 6.99. The van der Waals surface area contributed by atoms with Crippen molar-refractivity contribution in [3.63, 3.8) is 0 Å². The summed E-state index contributed by atoms with van der Waals surface area (Å²) in [6.07, 6.45) is 68.3. The van der Waals surface area contributed by atoms with Crippen LogP contribution in [-0.2, 0) is 27.9 Å². The number of quaternary nitrogens is 1. The van der Waals surface area contributed by atoms with E-state index < -0.39 is 20.0 Å². The predicted molar refractivity (Wildman–Crippen MR) is 323 cm³/mol. The van der Waals surface area contributed by atoms with Crippen LogP contribution in [0.2, 0.25) is 0 Å². The second kappa shape index (κ2) is 55.3. The molecule has 9 nitrogen and oxygen atoms in total. The van der Waals surface area contributed by atoms with Gasteiger partial charge in [-0.1, -0.05) is 256 Å². The molecule has 0 bridgehead atoms. The zero-order chi connectivity index (χ0) is 55.0. The lowest BCUT2D eigenvalue weighted by Gasteiger charge is -2.27. The van der Waals surface area contributed by atoms with E-state index in [4.69, 9.17) is 13.8 Å². The van der Waals surface area contributed by atoms with Crippen molar-refractivity contribution in [3.05, 3.63) is 48.6 Å². The third kappa shape index (κ3) is 56.5. The highest BCUT2D eigenvalue weighted by Gasteiger charge is 2.30. The molecule has 0 heterocycles. The molecular weight excluding hydrogens is 952 g/mol. The average molecular weight is 1080 g/mol. The maximum absolute atomic E-state index is 13.5. The van der Waals surface area contributed by atoms with Gasteiger partial charge in [0.15, 0.2) is 0 Å². The van der Waals surface area contributed by atoms with Crippen molar-refractivity contribution in [2.75, 3.05) is 40.9 Å². The Bertz CT molecular complexity index is 1420. The number of amides is 1. The lowest BCUT2D eigenvalue weighted by molar-refractivity contribution is -0.870. The van der Waals surface area contributed by atoms with Crippen LogP contribution < -0.4 is 5.32 Å². The number of carbonyl (C=O) groups is 2. The summed E-state index contributed by atoms with van der Waals surface area (Å²) < 4.78 is 30.7. The van der Waals surface area contributed by atoms with Crippen molar-refractivity contribution >= 4 is 19.7 Å². The number of unbranched alkanes of at least 4 members (excludes halogenated alkanes) is 37. The molecule has 10 heteroatoms. The number of allylic oxidation sites excluding steroid dienone is 7. The van der Waals surface area contributed by atoms with E-state index in [1.54, 1.807) is 0 Å². The number of nitrogens with zero attached hydrogens (tertiary/aromatic N) is 1. The molecule has 0 saturated carbocycles. The Hall–Kier alpha value is -2.03. The molecule has 0 rings (SSSR count). The van der Waals surface area contributed by atoms with Crippen molar-refractivity contribution < 1.29 is 37.3 Å². The molecule has 0 spiro atoms. The Morgan fingerprint density at radius 1 is 0.467 bits per heavy atom. The van der Waals surface area contributed by atoms with E-state index in [1.807, 2.05) is 33.3 Å². The van der Waals surface area contributed by atoms with E-state index in [1.165, 1.54) is 193 Å².